The normalized spacial score (nSPS) is 34.3. The van der Waals surface area contributed by atoms with Gasteiger partial charge in [0.15, 0.2) is 0 Å². The fourth-order valence-corrected chi connectivity index (χ4v) is 4.03. The lowest BCUT2D eigenvalue weighted by atomic mass is 9.89. The van der Waals surface area contributed by atoms with Crippen molar-refractivity contribution in [2.75, 3.05) is 0 Å². The maximum atomic E-state index is 12.1. The van der Waals surface area contributed by atoms with E-state index in [-0.39, 0.29) is 36.0 Å². The zero-order valence-electron chi connectivity index (χ0n) is 16.6. The number of rotatable bonds is 5. The van der Waals surface area contributed by atoms with Crippen LogP contribution in [0, 0.1) is 11.8 Å². The van der Waals surface area contributed by atoms with Gasteiger partial charge in [0.25, 0.3) is 0 Å². The van der Waals surface area contributed by atoms with E-state index in [2.05, 4.69) is 19.1 Å². The van der Waals surface area contributed by atoms with Crippen molar-refractivity contribution in [3.63, 3.8) is 0 Å². The van der Waals surface area contributed by atoms with Crippen LogP contribution in [-0.4, -0.2) is 35.4 Å². The Morgan fingerprint density at radius 3 is 2.85 bits per heavy atom. The summed E-state index contributed by atoms with van der Waals surface area (Å²) in [6.07, 6.45) is 14.2. The zero-order chi connectivity index (χ0) is 19.6. The van der Waals surface area contributed by atoms with E-state index in [0.717, 1.165) is 44.9 Å². The lowest BCUT2D eigenvalue weighted by molar-refractivity contribution is -0.148. The van der Waals surface area contributed by atoms with Crippen LogP contribution in [0.15, 0.2) is 24.3 Å². The topological polar surface area (TPSA) is 72.8 Å². The van der Waals surface area contributed by atoms with Crippen molar-refractivity contribution in [2.24, 2.45) is 11.8 Å². The number of esters is 2. The first-order valence-corrected chi connectivity index (χ1v) is 10.4. The standard InChI is InChI=1S/C22H34O5/c1-3-4-7-10-17-13-14-19-18(20(24)15-21(19)26-16(2)23)11-8-5-6-9-12-22(25)27-17/h5,8,13-14,17-21,24H,3-4,6-7,9-12,15H2,1-2H3/b8-5-,14-13+/t17-,18+,19+,20-,21+/m0/s1. The molecule has 0 aromatic heterocycles. The Balaban J connectivity index is 2.19. The van der Waals surface area contributed by atoms with Crippen molar-refractivity contribution in [1.29, 1.82) is 0 Å². The first-order chi connectivity index (χ1) is 13.0. The molecule has 1 fully saturated rings. The molecular formula is C22H34O5. The molecule has 0 amide bonds. The minimum Gasteiger partial charge on any atom is -0.462 e. The van der Waals surface area contributed by atoms with Crippen LogP contribution < -0.4 is 0 Å². The Morgan fingerprint density at radius 1 is 1.30 bits per heavy atom. The van der Waals surface area contributed by atoms with E-state index in [1.54, 1.807) is 0 Å². The second-order valence-corrected chi connectivity index (χ2v) is 7.70. The number of hydrogen-bond acceptors (Lipinski definition) is 5. The first kappa shape index (κ1) is 21.7. The number of allylic oxidation sites excluding steroid dienone is 2. The first-order valence-electron chi connectivity index (χ1n) is 10.4. The summed E-state index contributed by atoms with van der Waals surface area (Å²) in [6, 6.07) is 0. The minimum absolute atomic E-state index is 0.00889. The van der Waals surface area contributed by atoms with Crippen molar-refractivity contribution in [2.45, 2.75) is 89.9 Å². The Hall–Kier alpha value is -1.62. The number of ether oxygens (including phenoxy) is 2. The molecule has 1 aliphatic heterocycles. The largest absolute Gasteiger partial charge is 0.462 e. The highest BCUT2D eigenvalue weighted by Gasteiger charge is 2.42. The minimum atomic E-state index is -0.500. The number of aliphatic hydroxyl groups is 1. The third kappa shape index (κ3) is 7.13. The molecular weight excluding hydrogens is 344 g/mol. The average molecular weight is 379 g/mol. The van der Waals surface area contributed by atoms with Gasteiger partial charge in [0, 0.05) is 25.7 Å². The number of carbonyl (C=O) groups is 2. The Kier molecular flexibility index (Phi) is 9.05. The summed E-state index contributed by atoms with van der Waals surface area (Å²) in [5.74, 6) is -0.546. The molecule has 0 unspecified atom stereocenters. The fourth-order valence-electron chi connectivity index (χ4n) is 4.03. The van der Waals surface area contributed by atoms with E-state index in [9.17, 15) is 14.7 Å². The summed E-state index contributed by atoms with van der Waals surface area (Å²) in [6.45, 7) is 3.55. The molecule has 2 aliphatic rings. The van der Waals surface area contributed by atoms with Gasteiger partial charge < -0.3 is 14.6 Å². The molecule has 1 heterocycles. The highest BCUT2D eigenvalue weighted by Crippen LogP contribution is 2.38. The van der Waals surface area contributed by atoms with Crippen LogP contribution in [0.2, 0.25) is 0 Å². The molecule has 27 heavy (non-hydrogen) atoms. The monoisotopic (exact) mass is 378 g/mol. The number of carbonyl (C=O) groups excluding carboxylic acids is 2. The maximum Gasteiger partial charge on any atom is 0.306 e. The van der Waals surface area contributed by atoms with Crippen molar-refractivity contribution in [3.05, 3.63) is 24.3 Å². The molecule has 0 bridgehead atoms. The smallest absolute Gasteiger partial charge is 0.306 e. The lowest BCUT2D eigenvalue weighted by Gasteiger charge is -2.22. The molecule has 152 valence electrons. The predicted molar refractivity (Wildman–Crippen MR) is 104 cm³/mol. The van der Waals surface area contributed by atoms with Crippen molar-refractivity contribution < 1.29 is 24.2 Å². The molecule has 0 spiro atoms. The molecule has 2 rings (SSSR count). The summed E-state index contributed by atoms with van der Waals surface area (Å²) in [7, 11) is 0. The SMILES string of the molecule is CCCCC[C@H]1/C=C/[C@@H]2[C@@H](C/C=C\CCCC(=O)O1)[C@@H](O)C[C@H]2OC(C)=O. The van der Waals surface area contributed by atoms with Gasteiger partial charge in [-0.1, -0.05) is 38.0 Å². The third-order valence-electron chi connectivity index (χ3n) is 5.46. The van der Waals surface area contributed by atoms with E-state index in [4.69, 9.17) is 9.47 Å². The summed E-state index contributed by atoms with van der Waals surface area (Å²) in [5.41, 5.74) is 0. The van der Waals surface area contributed by atoms with E-state index >= 15 is 0 Å². The van der Waals surface area contributed by atoms with Crippen LogP contribution in [0.5, 0.6) is 0 Å². The van der Waals surface area contributed by atoms with Crippen molar-refractivity contribution in [3.8, 4) is 0 Å². The van der Waals surface area contributed by atoms with Crippen LogP contribution in [0.3, 0.4) is 0 Å². The fraction of sp³-hybridized carbons (Fsp3) is 0.727. The van der Waals surface area contributed by atoms with Gasteiger partial charge in [-0.3, -0.25) is 9.59 Å². The van der Waals surface area contributed by atoms with Crippen LogP contribution in [0.4, 0.5) is 0 Å². The molecule has 0 radical (unpaired) electrons. The summed E-state index contributed by atoms with van der Waals surface area (Å²) < 4.78 is 11.2. The van der Waals surface area contributed by atoms with Crippen molar-refractivity contribution >= 4 is 11.9 Å². The van der Waals surface area contributed by atoms with Crippen LogP contribution in [0.1, 0.15) is 71.6 Å². The summed E-state index contributed by atoms with van der Waals surface area (Å²) >= 11 is 0. The Morgan fingerprint density at radius 2 is 2.11 bits per heavy atom. The van der Waals surface area contributed by atoms with Gasteiger partial charge >= 0.3 is 11.9 Å². The molecule has 5 atom stereocenters. The number of hydrogen-bond donors (Lipinski definition) is 1. The molecule has 0 aromatic carbocycles. The predicted octanol–water partition coefficient (Wildman–Crippen LogP) is 4.09. The van der Waals surface area contributed by atoms with Gasteiger partial charge in [0.2, 0.25) is 0 Å². The van der Waals surface area contributed by atoms with Crippen molar-refractivity contribution in [1.82, 2.24) is 0 Å². The molecule has 1 saturated carbocycles. The Labute approximate surface area is 162 Å². The lowest BCUT2D eigenvalue weighted by Crippen LogP contribution is -2.24. The summed E-state index contributed by atoms with van der Waals surface area (Å²) in [4.78, 5) is 23.6. The number of fused-ring (bicyclic) bond motifs is 1. The average Bonchev–Trinajstić information content (AvgIpc) is 2.89. The van der Waals surface area contributed by atoms with E-state index < -0.39 is 6.10 Å². The zero-order valence-corrected chi connectivity index (χ0v) is 16.6. The summed E-state index contributed by atoms with van der Waals surface area (Å²) in [5, 5.41) is 10.5. The number of cyclic esters (lactones) is 1. The van der Waals surface area contributed by atoms with Gasteiger partial charge in [0.1, 0.15) is 12.2 Å². The number of aliphatic hydroxyl groups excluding tert-OH is 1. The second-order valence-electron chi connectivity index (χ2n) is 7.70. The van der Waals surface area contributed by atoms with E-state index in [0.29, 0.717) is 12.8 Å². The van der Waals surface area contributed by atoms with Gasteiger partial charge in [-0.15, -0.1) is 0 Å². The number of unbranched alkanes of at least 4 members (excludes halogenated alkanes) is 2. The van der Waals surface area contributed by atoms with Gasteiger partial charge in [-0.05, 0) is 44.1 Å². The molecule has 1 N–H and O–H groups in total. The molecule has 5 nitrogen and oxygen atoms in total. The van der Waals surface area contributed by atoms with Gasteiger partial charge in [-0.25, -0.2) is 0 Å². The van der Waals surface area contributed by atoms with Gasteiger partial charge in [0.05, 0.1) is 6.10 Å². The molecule has 1 aliphatic carbocycles. The quantitative estimate of drug-likeness (QED) is 0.443. The highest BCUT2D eigenvalue weighted by atomic mass is 16.5. The van der Waals surface area contributed by atoms with Gasteiger partial charge in [-0.2, -0.15) is 0 Å². The van der Waals surface area contributed by atoms with Crippen LogP contribution in [0.25, 0.3) is 0 Å². The molecule has 0 aromatic rings. The highest BCUT2D eigenvalue weighted by molar-refractivity contribution is 5.69. The molecule has 5 heteroatoms. The second kappa shape index (κ2) is 11.3. The Bertz CT molecular complexity index is 539. The van der Waals surface area contributed by atoms with Crippen LogP contribution >= 0.6 is 0 Å². The third-order valence-corrected chi connectivity index (χ3v) is 5.46. The molecule has 0 saturated heterocycles. The maximum absolute atomic E-state index is 12.1. The van der Waals surface area contributed by atoms with E-state index in [1.807, 2.05) is 12.2 Å². The van der Waals surface area contributed by atoms with Crippen LogP contribution in [-0.2, 0) is 19.1 Å². The van der Waals surface area contributed by atoms with E-state index in [1.165, 1.54) is 6.92 Å².